The Morgan fingerprint density at radius 2 is 1.59 bits per heavy atom. The quantitative estimate of drug-likeness (QED) is 0.107. The summed E-state index contributed by atoms with van der Waals surface area (Å²) in [5.41, 5.74) is 3.85. The summed E-state index contributed by atoms with van der Waals surface area (Å²) in [5.74, 6) is 0.0382. The number of phenolic OH excluding ortho intramolecular Hbond substituents is 1. The fourth-order valence-corrected chi connectivity index (χ4v) is 4.23. The Bertz CT molecular complexity index is 1440. The summed E-state index contributed by atoms with van der Waals surface area (Å²) in [6.45, 7) is 1.96. The summed E-state index contributed by atoms with van der Waals surface area (Å²) in [4.78, 5) is 24.6. The molecule has 0 spiro atoms. The van der Waals surface area contributed by atoms with Crippen molar-refractivity contribution in [3.05, 3.63) is 114 Å². The van der Waals surface area contributed by atoms with Crippen LogP contribution in [0.1, 0.15) is 30.1 Å². The van der Waals surface area contributed by atoms with E-state index in [1.807, 2.05) is 55.5 Å². The Kier molecular flexibility index (Phi) is 9.16. The molecular weight excluding hydrogens is 496 g/mol. The highest BCUT2D eigenvalue weighted by Crippen LogP contribution is 2.36. The van der Waals surface area contributed by atoms with Crippen molar-refractivity contribution in [2.45, 2.75) is 32.0 Å². The lowest BCUT2D eigenvalue weighted by Crippen LogP contribution is -2.31. The SMILES string of the molecule is Cc1ccc(NC(=O)O[C@H](c2ccc(O)c3ccccc23)[C@@H](CC/C=C/C(=O)NO)Oc2ccccc2)cc1. The molecule has 0 bridgehead atoms. The standard InChI is InChI=1S/C31H30N2O6/c1-21-15-17-22(18-16-21)32-31(36)39-30(26-19-20-27(34)25-12-6-5-11-24(25)26)28(13-7-8-14-29(35)33-37)38-23-9-3-2-4-10-23/h2-6,8-12,14-20,28,30,34,37H,7,13H2,1H3,(H,32,36)(H,33,35)/b14-8+/t28-,30-/m1/s1. The molecular formula is C31H30N2O6. The highest BCUT2D eigenvalue weighted by atomic mass is 16.6. The van der Waals surface area contributed by atoms with Gasteiger partial charge in [0.2, 0.25) is 0 Å². The molecule has 0 aliphatic heterocycles. The second kappa shape index (κ2) is 13.1. The van der Waals surface area contributed by atoms with Crippen molar-refractivity contribution in [3.63, 3.8) is 0 Å². The third kappa shape index (κ3) is 7.37. The topological polar surface area (TPSA) is 117 Å². The number of hydroxylamine groups is 1. The molecule has 0 saturated heterocycles. The number of hydrogen-bond acceptors (Lipinski definition) is 6. The smallest absolute Gasteiger partial charge is 0.412 e. The van der Waals surface area contributed by atoms with Crippen molar-refractivity contribution < 1.29 is 29.4 Å². The van der Waals surface area contributed by atoms with Crippen molar-refractivity contribution in [3.8, 4) is 11.5 Å². The van der Waals surface area contributed by atoms with Crippen molar-refractivity contribution >= 4 is 28.5 Å². The van der Waals surface area contributed by atoms with E-state index in [9.17, 15) is 14.7 Å². The van der Waals surface area contributed by atoms with Gasteiger partial charge < -0.3 is 14.6 Å². The van der Waals surface area contributed by atoms with Gasteiger partial charge in [-0.25, -0.2) is 10.3 Å². The van der Waals surface area contributed by atoms with E-state index in [1.54, 1.807) is 54.0 Å². The van der Waals surface area contributed by atoms with Gasteiger partial charge in [-0.1, -0.05) is 72.3 Å². The minimum Gasteiger partial charge on any atom is -0.507 e. The summed E-state index contributed by atoms with van der Waals surface area (Å²) in [5, 5.41) is 23.4. The largest absolute Gasteiger partial charge is 0.507 e. The van der Waals surface area contributed by atoms with Gasteiger partial charge in [-0.05, 0) is 55.5 Å². The predicted molar refractivity (Wildman–Crippen MR) is 149 cm³/mol. The second-order valence-electron chi connectivity index (χ2n) is 8.96. The van der Waals surface area contributed by atoms with E-state index in [2.05, 4.69) is 5.32 Å². The van der Waals surface area contributed by atoms with Crippen LogP contribution in [0.15, 0.2) is 103 Å². The van der Waals surface area contributed by atoms with Gasteiger partial charge >= 0.3 is 6.09 Å². The molecule has 0 aliphatic rings. The number of nitrogens with one attached hydrogen (secondary N) is 2. The number of hydrogen-bond donors (Lipinski definition) is 4. The van der Waals surface area contributed by atoms with Crippen LogP contribution in [-0.4, -0.2) is 28.4 Å². The summed E-state index contributed by atoms with van der Waals surface area (Å²) in [6.07, 6.45) is 1.34. The summed E-state index contributed by atoms with van der Waals surface area (Å²) < 4.78 is 12.4. The molecule has 0 aromatic heterocycles. The monoisotopic (exact) mass is 526 g/mol. The van der Waals surface area contributed by atoms with E-state index in [0.717, 1.165) is 5.56 Å². The molecule has 0 aliphatic carbocycles. The Balaban J connectivity index is 1.71. The first-order valence-corrected chi connectivity index (χ1v) is 12.5. The molecule has 4 N–H and O–H groups in total. The molecule has 0 fully saturated rings. The number of fused-ring (bicyclic) bond motifs is 1. The maximum absolute atomic E-state index is 13.2. The molecule has 2 atom stereocenters. The number of aryl methyl sites for hydroxylation is 1. The van der Waals surface area contributed by atoms with Gasteiger partial charge in [0.05, 0.1) is 0 Å². The third-order valence-electron chi connectivity index (χ3n) is 6.14. The van der Waals surface area contributed by atoms with Crippen molar-refractivity contribution in [2.24, 2.45) is 0 Å². The number of allylic oxidation sites excluding steroid dienone is 1. The normalized spacial score (nSPS) is 12.6. The van der Waals surface area contributed by atoms with Crippen molar-refractivity contribution in [2.75, 3.05) is 5.32 Å². The first-order valence-electron chi connectivity index (χ1n) is 12.5. The number of phenols is 1. The summed E-state index contributed by atoms with van der Waals surface area (Å²) >= 11 is 0. The number of carbonyl (C=O) groups excluding carboxylic acids is 2. The highest BCUT2D eigenvalue weighted by Gasteiger charge is 2.30. The number of rotatable bonds is 10. The number of benzene rings is 4. The van der Waals surface area contributed by atoms with Crippen molar-refractivity contribution in [1.29, 1.82) is 0 Å². The average Bonchev–Trinajstić information content (AvgIpc) is 2.95. The first kappa shape index (κ1) is 27.2. The summed E-state index contributed by atoms with van der Waals surface area (Å²) in [6, 6.07) is 27.1. The maximum Gasteiger partial charge on any atom is 0.412 e. The molecule has 0 heterocycles. The maximum atomic E-state index is 13.2. The molecule has 0 unspecified atom stereocenters. The minimum absolute atomic E-state index is 0.107. The van der Waals surface area contributed by atoms with Crippen LogP contribution in [0.3, 0.4) is 0 Å². The van der Waals surface area contributed by atoms with Gasteiger partial charge in [-0.2, -0.15) is 0 Å². The Morgan fingerprint density at radius 1 is 0.897 bits per heavy atom. The highest BCUT2D eigenvalue weighted by molar-refractivity contribution is 5.92. The molecule has 200 valence electrons. The minimum atomic E-state index is -0.888. The number of anilines is 1. The number of para-hydroxylation sites is 1. The van der Waals surface area contributed by atoms with Gasteiger partial charge in [0.25, 0.3) is 5.91 Å². The fraction of sp³-hybridized carbons (Fsp3) is 0.161. The van der Waals surface area contributed by atoms with Crippen LogP contribution in [0.2, 0.25) is 0 Å². The number of carbonyl (C=O) groups is 2. The van der Waals surface area contributed by atoms with Crippen LogP contribution >= 0.6 is 0 Å². The molecule has 8 heteroatoms. The number of ether oxygens (including phenoxy) is 2. The molecule has 39 heavy (non-hydrogen) atoms. The van der Waals surface area contributed by atoms with Crippen LogP contribution in [0.25, 0.3) is 10.8 Å². The third-order valence-corrected chi connectivity index (χ3v) is 6.14. The van der Waals surface area contributed by atoms with Gasteiger partial charge in [-0.15, -0.1) is 0 Å². The Labute approximate surface area is 226 Å². The molecule has 0 radical (unpaired) electrons. The molecule has 4 rings (SSSR count). The van der Waals surface area contributed by atoms with E-state index in [0.29, 0.717) is 40.6 Å². The van der Waals surface area contributed by atoms with Gasteiger partial charge in [0.1, 0.15) is 17.6 Å². The Hall–Kier alpha value is -4.82. The van der Waals surface area contributed by atoms with Crippen LogP contribution in [0.5, 0.6) is 11.5 Å². The molecule has 4 aromatic rings. The average molecular weight is 527 g/mol. The molecule has 0 saturated carbocycles. The van der Waals surface area contributed by atoms with E-state index in [-0.39, 0.29) is 5.75 Å². The van der Waals surface area contributed by atoms with E-state index >= 15 is 0 Å². The van der Waals surface area contributed by atoms with E-state index < -0.39 is 24.2 Å². The molecule has 4 aromatic carbocycles. The second-order valence-corrected chi connectivity index (χ2v) is 8.96. The van der Waals surface area contributed by atoms with Gasteiger partial charge in [-0.3, -0.25) is 15.3 Å². The lowest BCUT2D eigenvalue weighted by molar-refractivity contribution is -0.124. The van der Waals surface area contributed by atoms with Gasteiger partial charge in [0.15, 0.2) is 6.10 Å². The fourth-order valence-electron chi connectivity index (χ4n) is 4.23. The first-order chi connectivity index (χ1) is 18.9. The lowest BCUT2D eigenvalue weighted by atomic mass is 9.94. The lowest BCUT2D eigenvalue weighted by Gasteiger charge is -2.29. The number of amides is 2. The predicted octanol–water partition coefficient (Wildman–Crippen LogP) is 6.43. The van der Waals surface area contributed by atoms with Crippen LogP contribution in [0, 0.1) is 6.92 Å². The van der Waals surface area contributed by atoms with Crippen molar-refractivity contribution in [1.82, 2.24) is 5.48 Å². The zero-order valence-electron chi connectivity index (χ0n) is 21.4. The zero-order valence-corrected chi connectivity index (χ0v) is 21.4. The van der Waals surface area contributed by atoms with Crippen LogP contribution in [-0.2, 0) is 9.53 Å². The zero-order chi connectivity index (χ0) is 27.6. The van der Waals surface area contributed by atoms with E-state index in [4.69, 9.17) is 14.7 Å². The molecule has 8 nitrogen and oxygen atoms in total. The summed E-state index contributed by atoms with van der Waals surface area (Å²) in [7, 11) is 0. The molecule has 2 amide bonds. The van der Waals surface area contributed by atoms with Crippen LogP contribution in [0.4, 0.5) is 10.5 Å². The van der Waals surface area contributed by atoms with E-state index in [1.165, 1.54) is 6.08 Å². The Morgan fingerprint density at radius 3 is 2.31 bits per heavy atom. The van der Waals surface area contributed by atoms with Gasteiger partial charge in [0, 0.05) is 22.7 Å². The number of aromatic hydroxyl groups is 1. The van der Waals surface area contributed by atoms with Crippen LogP contribution < -0.4 is 15.5 Å².